The van der Waals surface area contributed by atoms with E-state index >= 15 is 0 Å². The number of nitrogens with zero attached hydrogens (tertiary/aromatic N) is 3. The Morgan fingerprint density at radius 1 is 0.913 bits per heavy atom. The van der Waals surface area contributed by atoms with Gasteiger partial charge in [0, 0.05) is 18.7 Å². The Bertz CT molecular complexity index is 677. The lowest BCUT2D eigenvalue weighted by atomic mass is 10.2. The molecule has 2 aromatic carbocycles. The van der Waals surface area contributed by atoms with E-state index in [4.69, 9.17) is 10.5 Å². The first kappa shape index (κ1) is 15.2. The van der Waals surface area contributed by atoms with Gasteiger partial charge in [0.1, 0.15) is 5.84 Å². The monoisotopic (exact) mass is 308 g/mol. The van der Waals surface area contributed by atoms with E-state index in [-0.39, 0.29) is 0 Å². The zero-order valence-corrected chi connectivity index (χ0v) is 12.9. The first-order chi connectivity index (χ1) is 11.3. The maximum absolute atomic E-state index is 6.17. The van der Waals surface area contributed by atoms with Crippen LogP contribution in [0, 0.1) is 0 Å². The molecule has 3 rings (SSSR count). The minimum Gasteiger partial charge on any atom is -0.383 e. The number of rotatable bonds is 2. The van der Waals surface area contributed by atoms with Crippen LogP contribution in [0.15, 0.2) is 70.6 Å². The number of amidine groups is 1. The minimum atomic E-state index is 0.465. The van der Waals surface area contributed by atoms with Crippen LogP contribution in [0.4, 0.5) is 5.69 Å². The van der Waals surface area contributed by atoms with E-state index in [2.05, 4.69) is 14.9 Å². The van der Waals surface area contributed by atoms with Gasteiger partial charge in [0.15, 0.2) is 0 Å². The normalized spacial score (nSPS) is 16.4. The molecule has 1 saturated heterocycles. The van der Waals surface area contributed by atoms with Crippen LogP contribution in [0.25, 0.3) is 0 Å². The topological polar surface area (TPSA) is 63.2 Å². The van der Waals surface area contributed by atoms with E-state index in [1.165, 1.54) is 0 Å². The average molecular weight is 308 g/mol. The Labute approximate surface area is 136 Å². The molecule has 0 saturated carbocycles. The predicted molar refractivity (Wildman–Crippen MR) is 93.1 cm³/mol. The van der Waals surface area contributed by atoms with Crippen molar-refractivity contribution in [2.24, 2.45) is 15.7 Å². The van der Waals surface area contributed by atoms with Gasteiger partial charge in [0.25, 0.3) is 0 Å². The van der Waals surface area contributed by atoms with Gasteiger partial charge in [-0.25, -0.2) is 4.99 Å². The quantitative estimate of drug-likeness (QED) is 0.684. The standard InChI is InChI=1S/C18H20N4O/c19-17(15-7-3-1-4-8-15)21-18(22-11-13-23-14-12-22)20-16-9-5-2-6-10-16/h1-10H,11-14H2,(H2,19,20,21). The second-order valence-corrected chi connectivity index (χ2v) is 5.21. The third-order valence-electron chi connectivity index (χ3n) is 3.57. The maximum Gasteiger partial charge on any atom is 0.228 e. The van der Waals surface area contributed by atoms with Crippen LogP contribution >= 0.6 is 0 Å². The van der Waals surface area contributed by atoms with Crippen molar-refractivity contribution in [3.05, 3.63) is 66.2 Å². The number of benzene rings is 2. The number of morpholine rings is 1. The summed E-state index contributed by atoms with van der Waals surface area (Å²) in [6.07, 6.45) is 0. The van der Waals surface area contributed by atoms with Gasteiger partial charge in [-0.1, -0.05) is 48.5 Å². The van der Waals surface area contributed by atoms with E-state index in [9.17, 15) is 0 Å². The maximum atomic E-state index is 6.17. The van der Waals surface area contributed by atoms with Gasteiger partial charge in [-0.3, -0.25) is 0 Å². The highest BCUT2D eigenvalue weighted by atomic mass is 16.5. The van der Waals surface area contributed by atoms with Crippen LogP contribution < -0.4 is 5.73 Å². The molecule has 5 heteroatoms. The minimum absolute atomic E-state index is 0.465. The highest BCUT2D eigenvalue weighted by molar-refractivity contribution is 6.05. The summed E-state index contributed by atoms with van der Waals surface area (Å²) < 4.78 is 5.41. The zero-order chi connectivity index (χ0) is 15.9. The molecular formula is C18H20N4O. The number of ether oxygens (including phenoxy) is 1. The molecule has 0 unspecified atom stereocenters. The molecular weight excluding hydrogens is 288 g/mol. The van der Waals surface area contributed by atoms with Crippen molar-refractivity contribution in [1.82, 2.24) is 4.90 Å². The molecule has 1 aliphatic rings. The second kappa shape index (κ2) is 7.56. The second-order valence-electron chi connectivity index (χ2n) is 5.21. The van der Waals surface area contributed by atoms with Crippen LogP contribution in [0.5, 0.6) is 0 Å². The van der Waals surface area contributed by atoms with Crippen molar-refractivity contribution >= 4 is 17.5 Å². The van der Waals surface area contributed by atoms with Crippen molar-refractivity contribution in [3.8, 4) is 0 Å². The van der Waals surface area contributed by atoms with Crippen molar-refractivity contribution in [1.29, 1.82) is 0 Å². The molecule has 0 radical (unpaired) electrons. The van der Waals surface area contributed by atoms with Crippen LogP contribution in [-0.2, 0) is 4.74 Å². The molecule has 0 amide bonds. The molecule has 0 spiro atoms. The summed E-state index contributed by atoms with van der Waals surface area (Å²) in [7, 11) is 0. The summed E-state index contributed by atoms with van der Waals surface area (Å²) in [6, 6.07) is 19.5. The summed E-state index contributed by atoms with van der Waals surface area (Å²) in [4.78, 5) is 11.4. The van der Waals surface area contributed by atoms with Gasteiger partial charge in [-0.05, 0) is 12.1 Å². The van der Waals surface area contributed by atoms with Crippen LogP contribution in [0.2, 0.25) is 0 Å². The lowest BCUT2D eigenvalue weighted by molar-refractivity contribution is 0.0676. The third kappa shape index (κ3) is 4.17. The van der Waals surface area contributed by atoms with E-state index < -0.39 is 0 Å². The number of guanidine groups is 1. The Hall–Kier alpha value is -2.66. The van der Waals surface area contributed by atoms with Crippen LogP contribution in [0.1, 0.15) is 5.56 Å². The molecule has 23 heavy (non-hydrogen) atoms. The third-order valence-corrected chi connectivity index (χ3v) is 3.57. The van der Waals surface area contributed by atoms with Crippen LogP contribution in [0.3, 0.4) is 0 Å². The van der Waals surface area contributed by atoms with E-state index in [1.807, 2.05) is 60.7 Å². The molecule has 0 atom stereocenters. The number of para-hydroxylation sites is 1. The summed E-state index contributed by atoms with van der Waals surface area (Å²) in [5, 5.41) is 0. The lowest BCUT2D eigenvalue weighted by Crippen LogP contribution is -2.40. The van der Waals surface area contributed by atoms with Crippen molar-refractivity contribution < 1.29 is 4.74 Å². The molecule has 118 valence electrons. The van der Waals surface area contributed by atoms with Crippen molar-refractivity contribution in [2.45, 2.75) is 0 Å². The fraction of sp³-hybridized carbons (Fsp3) is 0.222. The summed E-state index contributed by atoms with van der Waals surface area (Å²) >= 11 is 0. The Balaban J connectivity index is 1.93. The molecule has 1 fully saturated rings. The SMILES string of the molecule is N/C(=N\C(=Nc1ccccc1)N1CCOCC1)c1ccccc1. The molecule has 2 aromatic rings. The number of hydrogen-bond donors (Lipinski definition) is 1. The lowest BCUT2D eigenvalue weighted by Gasteiger charge is -2.27. The highest BCUT2D eigenvalue weighted by Crippen LogP contribution is 2.13. The molecule has 0 bridgehead atoms. The van der Waals surface area contributed by atoms with Gasteiger partial charge in [-0.2, -0.15) is 4.99 Å². The fourth-order valence-corrected chi connectivity index (χ4v) is 2.33. The Morgan fingerprint density at radius 3 is 2.17 bits per heavy atom. The van der Waals surface area contributed by atoms with Crippen molar-refractivity contribution in [3.63, 3.8) is 0 Å². The predicted octanol–water partition coefficient (Wildman–Crippen LogP) is 2.41. The molecule has 0 aromatic heterocycles. The molecule has 0 aliphatic carbocycles. The number of nitrogens with two attached hydrogens (primary N) is 1. The average Bonchev–Trinajstić information content (AvgIpc) is 2.63. The molecule has 5 nitrogen and oxygen atoms in total. The van der Waals surface area contributed by atoms with Gasteiger partial charge >= 0.3 is 0 Å². The smallest absolute Gasteiger partial charge is 0.228 e. The highest BCUT2D eigenvalue weighted by Gasteiger charge is 2.15. The van der Waals surface area contributed by atoms with Gasteiger partial charge in [0.2, 0.25) is 5.96 Å². The largest absolute Gasteiger partial charge is 0.383 e. The molecule has 1 heterocycles. The van der Waals surface area contributed by atoms with Crippen LogP contribution in [-0.4, -0.2) is 43.0 Å². The first-order valence-electron chi connectivity index (χ1n) is 7.69. The molecule has 1 aliphatic heterocycles. The van der Waals surface area contributed by atoms with E-state index in [0.29, 0.717) is 25.0 Å². The Morgan fingerprint density at radius 2 is 1.52 bits per heavy atom. The summed E-state index contributed by atoms with van der Waals surface area (Å²) in [5.41, 5.74) is 7.92. The zero-order valence-electron chi connectivity index (χ0n) is 12.9. The fourth-order valence-electron chi connectivity index (χ4n) is 2.33. The first-order valence-corrected chi connectivity index (χ1v) is 7.69. The van der Waals surface area contributed by atoms with Gasteiger partial charge in [0.05, 0.1) is 18.9 Å². The number of aliphatic imine (C=N–C) groups is 2. The van der Waals surface area contributed by atoms with Gasteiger partial charge < -0.3 is 15.4 Å². The summed E-state index contributed by atoms with van der Waals surface area (Å²) in [5.74, 6) is 1.09. The van der Waals surface area contributed by atoms with E-state index in [1.54, 1.807) is 0 Å². The van der Waals surface area contributed by atoms with Gasteiger partial charge in [-0.15, -0.1) is 0 Å². The molecule has 2 N–H and O–H groups in total. The van der Waals surface area contributed by atoms with Crippen molar-refractivity contribution in [2.75, 3.05) is 26.3 Å². The summed E-state index contributed by atoms with van der Waals surface area (Å²) in [6.45, 7) is 2.87. The van der Waals surface area contributed by atoms with E-state index in [0.717, 1.165) is 24.3 Å². The Kier molecular flexibility index (Phi) is 5.01. The number of hydrogen-bond acceptors (Lipinski definition) is 2.